The third-order valence-electron chi connectivity index (χ3n) is 13.2. The van der Waals surface area contributed by atoms with Crippen LogP contribution in [-0.2, 0) is 28.8 Å². The van der Waals surface area contributed by atoms with Gasteiger partial charge in [0.2, 0.25) is 0 Å². The van der Waals surface area contributed by atoms with Crippen LogP contribution in [0.3, 0.4) is 0 Å². The summed E-state index contributed by atoms with van der Waals surface area (Å²) in [5.74, 6) is 2.42. The van der Waals surface area contributed by atoms with E-state index in [0.29, 0.717) is 24.9 Å². The van der Waals surface area contributed by atoms with E-state index in [2.05, 4.69) is 129 Å². The highest BCUT2D eigenvalue weighted by atomic mass is 79.9. The van der Waals surface area contributed by atoms with Crippen LogP contribution in [0.4, 0.5) is 0 Å². The van der Waals surface area contributed by atoms with Crippen LogP contribution in [-0.4, -0.2) is 29.9 Å². The second-order valence-electron chi connectivity index (χ2n) is 17.8. The van der Waals surface area contributed by atoms with E-state index in [1.54, 1.807) is 0 Å². The molecule has 0 saturated carbocycles. The number of carbonyl (C=O) groups is 1. The topological polar surface area (TPSA) is 85.2 Å². The molecule has 0 fully saturated rings. The van der Waals surface area contributed by atoms with Crippen molar-refractivity contribution in [2.45, 2.75) is 109 Å². The van der Waals surface area contributed by atoms with Crippen molar-refractivity contribution in [1.29, 1.82) is 0 Å². The van der Waals surface area contributed by atoms with Crippen molar-refractivity contribution in [1.82, 2.24) is 0 Å². The number of hydrogen-bond donors (Lipinski definition) is 2. The van der Waals surface area contributed by atoms with Crippen molar-refractivity contribution in [2.75, 3.05) is 13.7 Å². The average molecular weight is 908 g/mol. The Balaban J connectivity index is 0.000000151. The van der Waals surface area contributed by atoms with Crippen LogP contribution in [0.2, 0.25) is 0 Å². The number of rotatable bonds is 8. The van der Waals surface area contributed by atoms with Crippen LogP contribution in [0.5, 0.6) is 11.5 Å². The van der Waals surface area contributed by atoms with Crippen LogP contribution in [0, 0.1) is 0 Å². The molecule has 0 radical (unpaired) electrons. The summed E-state index contributed by atoms with van der Waals surface area (Å²) in [6.07, 6.45) is 5.52. The summed E-state index contributed by atoms with van der Waals surface area (Å²) in [6.45, 7) is 9.46. The SMILES string of the molecule is CC(C)c1ccccc1-c1cccc2c1CC[C@@H]2O.COC(=O)C[C@@H]1COc2cc(O[C@@H]3CCc4c(-c5ccccc5C(C)C)cccc43)ccc21.O[C@H]1CCc2c(Br)cccc21. The van der Waals surface area contributed by atoms with Crippen molar-refractivity contribution in [3.05, 3.63) is 176 Å². The molecule has 4 aliphatic rings. The molecule has 326 valence electrons. The molecule has 0 unspecified atom stereocenters. The number of methoxy groups -OCH3 is 1. The maximum atomic E-state index is 11.7. The summed E-state index contributed by atoms with van der Waals surface area (Å²) in [7, 11) is 1.42. The number of hydrogen-bond acceptors (Lipinski definition) is 6. The first-order valence-electron chi connectivity index (χ1n) is 22.6. The summed E-state index contributed by atoms with van der Waals surface area (Å²) < 4.78 is 18.3. The van der Waals surface area contributed by atoms with Gasteiger partial charge in [0.25, 0.3) is 0 Å². The van der Waals surface area contributed by atoms with Gasteiger partial charge in [-0.1, -0.05) is 147 Å². The Hall–Kier alpha value is -5.21. The molecule has 6 nitrogen and oxygen atoms in total. The van der Waals surface area contributed by atoms with Gasteiger partial charge >= 0.3 is 5.97 Å². The molecule has 1 aliphatic heterocycles. The van der Waals surface area contributed by atoms with Gasteiger partial charge in [0.05, 0.1) is 32.3 Å². The summed E-state index contributed by atoms with van der Waals surface area (Å²) in [5.41, 5.74) is 16.6. The summed E-state index contributed by atoms with van der Waals surface area (Å²) in [6, 6.07) is 42.2. The molecule has 0 saturated heterocycles. The van der Waals surface area contributed by atoms with Crippen LogP contribution < -0.4 is 9.47 Å². The maximum absolute atomic E-state index is 11.7. The summed E-state index contributed by atoms with van der Waals surface area (Å²) in [4.78, 5) is 11.7. The standard InChI is InChI=1S/C29H30O4.C18H20O.C9H9BrO/c1-18(2)21-7-4-5-8-23(21)24-9-6-10-26-25(24)13-14-27(26)33-20-11-12-22-19(15-29(30)31-3)17-32-28(22)16-20;1-12(2)13-6-3-4-7-14(13)15-8-5-9-17-16(15)10-11-18(17)19;10-8-3-1-2-7-6(8)4-5-9(7)11/h4-12,16,18-19,27H,13-15,17H2,1-3H3;3-9,12,18-19H,10-11H2,1-2H3;1-3,9,11H,4-5H2/t19-,27-;18-;9-/m100/s1. The molecule has 0 amide bonds. The second kappa shape index (κ2) is 19.7. The lowest BCUT2D eigenvalue weighted by Gasteiger charge is -2.18. The van der Waals surface area contributed by atoms with Gasteiger partial charge < -0.3 is 24.4 Å². The van der Waals surface area contributed by atoms with Crippen LogP contribution in [0.1, 0.15) is 140 Å². The van der Waals surface area contributed by atoms with E-state index in [-0.39, 0.29) is 30.2 Å². The lowest BCUT2D eigenvalue weighted by atomic mass is 9.89. The molecule has 0 bridgehead atoms. The van der Waals surface area contributed by atoms with Gasteiger partial charge in [-0.3, -0.25) is 4.79 Å². The highest BCUT2D eigenvalue weighted by Gasteiger charge is 2.30. The Morgan fingerprint density at radius 3 is 1.76 bits per heavy atom. The number of esters is 1. The van der Waals surface area contributed by atoms with Gasteiger partial charge in [-0.15, -0.1) is 0 Å². The van der Waals surface area contributed by atoms with Crippen molar-refractivity contribution in [3.8, 4) is 33.8 Å². The Morgan fingerprint density at radius 1 is 0.635 bits per heavy atom. The Kier molecular flexibility index (Phi) is 13.9. The number of halogens is 1. The maximum Gasteiger partial charge on any atom is 0.306 e. The highest BCUT2D eigenvalue weighted by molar-refractivity contribution is 9.10. The summed E-state index contributed by atoms with van der Waals surface area (Å²) in [5, 5.41) is 19.5. The van der Waals surface area contributed by atoms with E-state index in [1.807, 2.05) is 36.4 Å². The zero-order valence-corrected chi connectivity index (χ0v) is 38.7. The zero-order chi connectivity index (χ0) is 44.2. The zero-order valence-electron chi connectivity index (χ0n) is 37.1. The predicted molar refractivity (Wildman–Crippen MR) is 256 cm³/mol. The minimum Gasteiger partial charge on any atom is -0.492 e. The fraction of sp³-hybridized carbons (Fsp3) is 0.339. The fourth-order valence-electron chi connectivity index (χ4n) is 9.90. The highest BCUT2D eigenvalue weighted by Crippen LogP contribution is 2.45. The molecule has 4 atom stereocenters. The lowest BCUT2D eigenvalue weighted by Crippen LogP contribution is -2.09. The molecular formula is C56H59BrO6. The van der Waals surface area contributed by atoms with E-state index in [1.165, 1.54) is 62.7 Å². The third kappa shape index (κ3) is 9.52. The Bertz CT molecular complexity index is 2580. The number of aliphatic hydroxyl groups excluding tert-OH is 2. The second-order valence-corrected chi connectivity index (χ2v) is 18.6. The number of aliphatic hydroxyl groups is 2. The van der Waals surface area contributed by atoms with Gasteiger partial charge in [0.15, 0.2) is 0 Å². The van der Waals surface area contributed by atoms with E-state index in [9.17, 15) is 15.0 Å². The molecule has 6 aromatic carbocycles. The quantitative estimate of drug-likeness (QED) is 0.148. The monoisotopic (exact) mass is 906 g/mol. The van der Waals surface area contributed by atoms with Gasteiger partial charge in [0.1, 0.15) is 17.6 Å². The predicted octanol–water partition coefficient (Wildman–Crippen LogP) is 13.5. The third-order valence-corrected chi connectivity index (χ3v) is 13.9. The molecule has 1 heterocycles. The number of fused-ring (bicyclic) bond motifs is 4. The van der Waals surface area contributed by atoms with Gasteiger partial charge in [-0.2, -0.15) is 0 Å². The number of carbonyl (C=O) groups excluding carboxylic acids is 1. The molecular weight excluding hydrogens is 849 g/mol. The number of ether oxygens (including phenoxy) is 3. The van der Waals surface area contributed by atoms with Crippen molar-refractivity contribution in [2.24, 2.45) is 0 Å². The summed E-state index contributed by atoms with van der Waals surface area (Å²) >= 11 is 3.46. The Labute approximate surface area is 381 Å². The van der Waals surface area contributed by atoms with Crippen molar-refractivity contribution < 1.29 is 29.2 Å². The molecule has 0 aromatic heterocycles. The first-order chi connectivity index (χ1) is 30.5. The largest absolute Gasteiger partial charge is 0.492 e. The van der Waals surface area contributed by atoms with Crippen LogP contribution >= 0.6 is 15.9 Å². The van der Waals surface area contributed by atoms with Gasteiger partial charge in [-0.05, 0) is 129 Å². The smallest absolute Gasteiger partial charge is 0.306 e. The molecule has 6 aromatic rings. The van der Waals surface area contributed by atoms with Crippen LogP contribution in [0.15, 0.2) is 126 Å². The van der Waals surface area contributed by atoms with Crippen molar-refractivity contribution in [3.63, 3.8) is 0 Å². The van der Waals surface area contributed by atoms with E-state index in [4.69, 9.17) is 14.2 Å². The minimum absolute atomic E-state index is 0.0245. The van der Waals surface area contributed by atoms with Gasteiger partial charge in [0, 0.05) is 22.0 Å². The first kappa shape index (κ1) is 44.4. The van der Waals surface area contributed by atoms with Crippen LogP contribution in [0.25, 0.3) is 22.3 Å². The van der Waals surface area contributed by atoms with E-state index >= 15 is 0 Å². The Morgan fingerprint density at radius 2 is 1.16 bits per heavy atom. The van der Waals surface area contributed by atoms with E-state index in [0.717, 1.165) is 71.2 Å². The molecule has 2 N–H and O–H groups in total. The van der Waals surface area contributed by atoms with Crippen molar-refractivity contribution >= 4 is 21.9 Å². The lowest BCUT2D eigenvalue weighted by molar-refractivity contribution is -0.141. The first-order valence-corrected chi connectivity index (χ1v) is 23.4. The fourth-order valence-corrected chi connectivity index (χ4v) is 10.5. The normalized spacial score (nSPS) is 18.9. The molecule has 0 spiro atoms. The number of benzene rings is 6. The molecule has 3 aliphatic carbocycles. The minimum atomic E-state index is -0.277. The molecule has 7 heteroatoms. The molecule has 10 rings (SSSR count). The average Bonchev–Trinajstić information content (AvgIpc) is 4.10. The molecule has 63 heavy (non-hydrogen) atoms. The van der Waals surface area contributed by atoms with E-state index < -0.39 is 0 Å². The van der Waals surface area contributed by atoms with Gasteiger partial charge in [-0.25, -0.2) is 0 Å².